The number of rotatable bonds is 2. The Morgan fingerprint density at radius 3 is 2.67 bits per heavy atom. The number of fused-ring (bicyclic) bond motifs is 1. The van der Waals surface area contributed by atoms with E-state index in [4.69, 9.17) is 9.15 Å². The Morgan fingerprint density at radius 2 is 1.90 bits per heavy atom. The van der Waals surface area contributed by atoms with Crippen LogP contribution in [-0.2, 0) is 0 Å². The Balaban J connectivity index is 2.13. The van der Waals surface area contributed by atoms with Crippen molar-refractivity contribution in [3.63, 3.8) is 0 Å². The fourth-order valence-corrected chi connectivity index (χ4v) is 2.10. The minimum atomic E-state index is -0.0597. The Hall–Kier alpha value is -2.99. The Morgan fingerprint density at radius 1 is 1.10 bits per heavy atom. The topological polar surface area (TPSA) is 39.4 Å². The van der Waals surface area contributed by atoms with E-state index < -0.39 is 0 Å². The molecule has 2 aromatic carbocycles. The van der Waals surface area contributed by atoms with E-state index in [1.54, 1.807) is 25.1 Å². The number of hydrogen-bond donors (Lipinski definition) is 0. The van der Waals surface area contributed by atoms with E-state index in [9.17, 15) is 4.79 Å². The van der Waals surface area contributed by atoms with E-state index >= 15 is 0 Å². The van der Waals surface area contributed by atoms with Crippen molar-refractivity contribution in [1.29, 1.82) is 0 Å². The van der Waals surface area contributed by atoms with Crippen LogP contribution in [0.1, 0.15) is 6.92 Å². The molecule has 0 bridgehead atoms. The third kappa shape index (κ3) is 2.52. The lowest BCUT2D eigenvalue weighted by atomic mass is 10.1. The molecule has 0 fully saturated rings. The van der Waals surface area contributed by atoms with E-state index in [2.05, 4.69) is 12.0 Å². The normalized spacial score (nSPS) is 9.95. The van der Waals surface area contributed by atoms with Gasteiger partial charge in [-0.15, -0.1) is 0 Å². The van der Waals surface area contributed by atoms with Crippen LogP contribution in [0.25, 0.3) is 22.1 Å². The second kappa shape index (κ2) is 5.56. The predicted molar refractivity (Wildman–Crippen MR) is 82.0 cm³/mol. The Labute approximate surface area is 121 Å². The Bertz CT molecular complexity index is 896. The van der Waals surface area contributed by atoms with Crippen LogP contribution in [0.2, 0.25) is 0 Å². The second-order valence-electron chi connectivity index (χ2n) is 4.46. The fraction of sp³-hybridized carbons (Fsp3) is 0.0556. The first-order chi connectivity index (χ1) is 10.3. The van der Waals surface area contributed by atoms with Gasteiger partial charge in [0.2, 0.25) is 0 Å². The summed E-state index contributed by atoms with van der Waals surface area (Å²) in [7, 11) is 0. The SMILES string of the molecule is CC#COc1ccc2c(=O)c(-c3ccccc3)coc2c1. The van der Waals surface area contributed by atoms with Gasteiger partial charge in [-0.1, -0.05) is 36.3 Å². The van der Waals surface area contributed by atoms with Gasteiger partial charge in [0.1, 0.15) is 23.7 Å². The van der Waals surface area contributed by atoms with E-state index in [-0.39, 0.29) is 5.43 Å². The summed E-state index contributed by atoms with van der Waals surface area (Å²) >= 11 is 0. The molecule has 0 radical (unpaired) electrons. The van der Waals surface area contributed by atoms with Gasteiger partial charge in [0.05, 0.1) is 10.9 Å². The van der Waals surface area contributed by atoms with Crippen LogP contribution < -0.4 is 10.2 Å². The third-order valence-corrected chi connectivity index (χ3v) is 3.10. The van der Waals surface area contributed by atoms with Crippen molar-refractivity contribution >= 4 is 11.0 Å². The zero-order valence-corrected chi connectivity index (χ0v) is 11.4. The minimum absolute atomic E-state index is 0.0597. The van der Waals surface area contributed by atoms with Crippen LogP contribution in [0.3, 0.4) is 0 Å². The van der Waals surface area contributed by atoms with Crippen molar-refractivity contribution in [1.82, 2.24) is 0 Å². The molecule has 102 valence electrons. The highest BCUT2D eigenvalue weighted by atomic mass is 16.5. The molecule has 0 aliphatic carbocycles. The van der Waals surface area contributed by atoms with Crippen molar-refractivity contribution in [2.75, 3.05) is 0 Å². The molecule has 3 aromatic rings. The van der Waals surface area contributed by atoms with Crippen molar-refractivity contribution in [2.24, 2.45) is 0 Å². The standard InChI is InChI=1S/C18H12O3/c1-2-10-20-14-8-9-15-17(11-14)21-12-16(18(15)19)13-6-4-3-5-7-13/h3-9,11-12H,1H3. The van der Waals surface area contributed by atoms with Crippen LogP contribution in [-0.4, -0.2) is 0 Å². The molecule has 3 rings (SSSR count). The van der Waals surface area contributed by atoms with Gasteiger partial charge in [0, 0.05) is 13.0 Å². The van der Waals surface area contributed by atoms with Gasteiger partial charge in [-0.05, 0) is 17.7 Å². The molecule has 0 unspecified atom stereocenters. The molecule has 0 spiro atoms. The quantitative estimate of drug-likeness (QED) is 0.668. The van der Waals surface area contributed by atoms with Crippen LogP contribution in [0.15, 0.2) is 64.0 Å². The first-order valence-electron chi connectivity index (χ1n) is 6.49. The largest absolute Gasteiger partial charge is 0.463 e. The van der Waals surface area contributed by atoms with E-state index in [0.29, 0.717) is 22.3 Å². The zero-order chi connectivity index (χ0) is 14.7. The number of hydrogen-bond acceptors (Lipinski definition) is 3. The van der Waals surface area contributed by atoms with Gasteiger partial charge >= 0.3 is 0 Å². The smallest absolute Gasteiger partial charge is 0.200 e. The maximum Gasteiger partial charge on any atom is 0.200 e. The summed E-state index contributed by atoms with van der Waals surface area (Å²) in [5.41, 5.74) is 1.81. The highest BCUT2D eigenvalue weighted by molar-refractivity contribution is 5.82. The van der Waals surface area contributed by atoms with Gasteiger partial charge in [-0.2, -0.15) is 0 Å². The summed E-state index contributed by atoms with van der Waals surface area (Å²) in [5, 5.41) is 0.521. The summed E-state index contributed by atoms with van der Waals surface area (Å²) in [4.78, 5) is 12.5. The molecule has 0 saturated heterocycles. The number of benzene rings is 2. The summed E-state index contributed by atoms with van der Waals surface area (Å²) in [6.07, 6.45) is 3.99. The van der Waals surface area contributed by atoms with Crippen molar-refractivity contribution in [3.05, 3.63) is 65.0 Å². The molecular formula is C18H12O3. The molecule has 0 aliphatic rings. The molecule has 0 amide bonds. The highest BCUT2D eigenvalue weighted by Gasteiger charge is 2.09. The molecule has 0 N–H and O–H groups in total. The summed E-state index contributed by atoms with van der Waals surface area (Å²) in [5.74, 6) is 3.19. The summed E-state index contributed by atoms with van der Waals surface area (Å²) < 4.78 is 10.8. The lowest BCUT2D eigenvalue weighted by Crippen LogP contribution is -2.04. The predicted octanol–water partition coefficient (Wildman–Crippen LogP) is 3.82. The molecule has 3 heteroatoms. The maximum atomic E-state index is 12.5. The van der Waals surface area contributed by atoms with Crippen molar-refractivity contribution in [3.8, 4) is 28.9 Å². The van der Waals surface area contributed by atoms with Crippen molar-refractivity contribution in [2.45, 2.75) is 6.92 Å². The van der Waals surface area contributed by atoms with Gasteiger partial charge in [-0.25, -0.2) is 0 Å². The average Bonchev–Trinajstić information content (AvgIpc) is 2.54. The molecular weight excluding hydrogens is 264 g/mol. The molecule has 3 nitrogen and oxygen atoms in total. The summed E-state index contributed by atoms with van der Waals surface area (Å²) in [6.45, 7) is 1.69. The van der Waals surface area contributed by atoms with Gasteiger partial charge in [0.15, 0.2) is 5.43 Å². The van der Waals surface area contributed by atoms with Crippen LogP contribution in [0, 0.1) is 12.0 Å². The van der Waals surface area contributed by atoms with E-state index in [0.717, 1.165) is 5.56 Å². The van der Waals surface area contributed by atoms with Gasteiger partial charge in [0.25, 0.3) is 0 Å². The van der Waals surface area contributed by atoms with Crippen LogP contribution in [0.5, 0.6) is 5.75 Å². The van der Waals surface area contributed by atoms with E-state index in [1.807, 2.05) is 30.3 Å². The lowest BCUT2D eigenvalue weighted by molar-refractivity contribution is 0.517. The monoisotopic (exact) mass is 276 g/mol. The zero-order valence-electron chi connectivity index (χ0n) is 11.4. The molecule has 0 atom stereocenters. The summed E-state index contributed by atoms with van der Waals surface area (Å²) in [6, 6.07) is 14.5. The van der Waals surface area contributed by atoms with Gasteiger partial charge < -0.3 is 9.15 Å². The first-order valence-corrected chi connectivity index (χ1v) is 6.49. The average molecular weight is 276 g/mol. The lowest BCUT2D eigenvalue weighted by Gasteiger charge is -2.03. The molecule has 0 saturated carbocycles. The highest BCUT2D eigenvalue weighted by Crippen LogP contribution is 2.22. The molecule has 0 aliphatic heterocycles. The molecule has 1 aromatic heterocycles. The van der Waals surface area contributed by atoms with E-state index in [1.165, 1.54) is 6.26 Å². The maximum absolute atomic E-state index is 12.5. The number of ether oxygens (including phenoxy) is 1. The van der Waals surface area contributed by atoms with Crippen LogP contribution >= 0.6 is 0 Å². The third-order valence-electron chi connectivity index (χ3n) is 3.10. The Kier molecular flexibility index (Phi) is 3.44. The minimum Gasteiger partial charge on any atom is -0.463 e. The fourth-order valence-electron chi connectivity index (χ4n) is 2.10. The second-order valence-corrected chi connectivity index (χ2v) is 4.46. The molecule has 21 heavy (non-hydrogen) atoms. The molecule has 1 heterocycles. The van der Waals surface area contributed by atoms with Gasteiger partial charge in [-0.3, -0.25) is 4.79 Å². The first kappa shape index (κ1) is 13.0. The van der Waals surface area contributed by atoms with Crippen LogP contribution in [0.4, 0.5) is 0 Å². The van der Waals surface area contributed by atoms with Crippen molar-refractivity contribution < 1.29 is 9.15 Å².